The first kappa shape index (κ1) is 14.8. The lowest BCUT2D eigenvalue weighted by Crippen LogP contribution is -2.38. The summed E-state index contributed by atoms with van der Waals surface area (Å²) in [6.45, 7) is 3.66. The maximum absolute atomic E-state index is 12.8. The molecule has 6 nitrogen and oxygen atoms in total. The van der Waals surface area contributed by atoms with Crippen molar-refractivity contribution in [3.8, 4) is 0 Å². The molecular weight excluding hydrogens is 284 g/mol. The predicted octanol–water partition coefficient (Wildman–Crippen LogP) is 1.07. The highest BCUT2D eigenvalue weighted by Crippen LogP contribution is 2.25. The zero-order valence-corrected chi connectivity index (χ0v) is 12.4. The molecule has 1 unspecified atom stereocenters. The van der Waals surface area contributed by atoms with Crippen LogP contribution < -0.4 is 4.90 Å². The fourth-order valence-electron chi connectivity index (χ4n) is 3.05. The summed E-state index contributed by atoms with van der Waals surface area (Å²) in [6.07, 6.45) is 0.529. The van der Waals surface area contributed by atoms with E-state index in [1.807, 2.05) is 24.3 Å². The minimum Gasteiger partial charge on any atom is -0.481 e. The number of carbonyl (C=O) groups is 2. The average molecular weight is 304 g/mol. The van der Waals surface area contributed by atoms with E-state index < -0.39 is 11.9 Å². The number of hydrogen-bond acceptors (Lipinski definition) is 4. The fraction of sp³-hybridized carbons (Fsp3) is 0.500. The van der Waals surface area contributed by atoms with E-state index in [1.165, 1.54) is 0 Å². The number of benzene rings is 1. The van der Waals surface area contributed by atoms with Crippen LogP contribution in [0.25, 0.3) is 0 Å². The molecule has 1 N–H and O–H groups in total. The van der Waals surface area contributed by atoms with Crippen LogP contribution in [0.15, 0.2) is 24.3 Å². The van der Waals surface area contributed by atoms with Crippen LogP contribution in [0.2, 0.25) is 0 Å². The van der Waals surface area contributed by atoms with Gasteiger partial charge in [-0.05, 0) is 18.6 Å². The van der Waals surface area contributed by atoms with Gasteiger partial charge in [0.2, 0.25) is 0 Å². The minimum atomic E-state index is -0.822. The summed E-state index contributed by atoms with van der Waals surface area (Å²) in [5.41, 5.74) is 1.56. The van der Waals surface area contributed by atoms with Crippen molar-refractivity contribution in [3.05, 3.63) is 29.8 Å². The van der Waals surface area contributed by atoms with Gasteiger partial charge in [0, 0.05) is 31.9 Å². The Morgan fingerprint density at radius 3 is 2.55 bits per heavy atom. The largest absolute Gasteiger partial charge is 0.481 e. The maximum atomic E-state index is 12.8. The number of carbonyl (C=O) groups excluding carboxylic acids is 1. The topological polar surface area (TPSA) is 70.1 Å². The van der Waals surface area contributed by atoms with E-state index in [4.69, 9.17) is 9.84 Å². The van der Waals surface area contributed by atoms with Crippen LogP contribution in [-0.4, -0.2) is 61.3 Å². The molecule has 118 valence electrons. The first-order chi connectivity index (χ1) is 10.7. The Morgan fingerprint density at radius 2 is 1.86 bits per heavy atom. The third kappa shape index (κ3) is 2.92. The van der Waals surface area contributed by atoms with Gasteiger partial charge in [0.1, 0.15) is 0 Å². The quantitative estimate of drug-likeness (QED) is 0.904. The molecule has 0 saturated carbocycles. The number of morpholine rings is 1. The summed E-state index contributed by atoms with van der Waals surface area (Å²) in [4.78, 5) is 27.6. The molecule has 22 heavy (non-hydrogen) atoms. The number of carboxylic acids is 1. The Labute approximate surface area is 129 Å². The van der Waals surface area contributed by atoms with Gasteiger partial charge in [0.15, 0.2) is 0 Å². The summed E-state index contributed by atoms with van der Waals surface area (Å²) >= 11 is 0. The van der Waals surface area contributed by atoms with Gasteiger partial charge in [-0.15, -0.1) is 0 Å². The summed E-state index contributed by atoms with van der Waals surface area (Å²) in [6, 6.07) is 7.54. The Kier molecular flexibility index (Phi) is 4.29. The Hall–Kier alpha value is -2.08. The van der Waals surface area contributed by atoms with Crippen LogP contribution in [0.1, 0.15) is 16.8 Å². The molecule has 1 aromatic carbocycles. The lowest BCUT2D eigenvalue weighted by atomic mass is 10.1. The van der Waals surface area contributed by atoms with E-state index >= 15 is 0 Å². The molecule has 1 atom stereocenters. The molecule has 6 heteroatoms. The molecule has 0 spiro atoms. The van der Waals surface area contributed by atoms with E-state index in [1.54, 1.807) is 4.90 Å². The molecule has 2 aliphatic rings. The first-order valence-electron chi connectivity index (χ1n) is 7.60. The highest BCUT2D eigenvalue weighted by atomic mass is 16.5. The monoisotopic (exact) mass is 304 g/mol. The number of aliphatic carboxylic acids is 1. The van der Waals surface area contributed by atoms with Crippen molar-refractivity contribution >= 4 is 17.6 Å². The second-order valence-electron chi connectivity index (χ2n) is 5.69. The van der Waals surface area contributed by atoms with Crippen molar-refractivity contribution in [1.29, 1.82) is 0 Å². The van der Waals surface area contributed by atoms with E-state index in [9.17, 15) is 9.59 Å². The number of ether oxygens (including phenoxy) is 1. The van der Waals surface area contributed by atoms with Crippen molar-refractivity contribution in [3.63, 3.8) is 0 Å². The zero-order valence-electron chi connectivity index (χ0n) is 12.4. The van der Waals surface area contributed by atoms with Gasteiger partial charge in [-0.1, -0.05) is 12.1 Å². The summed E-state index contributed by atoms with van der Waals surface area (Å²) in [7, 11) is 0. The number of nitrogens with zero attached hydrogens (tertiary/aromatic N) is 2. The number of amides is 1. The summed E-state index contributed by atoms with van der Waals surface area (Å²) in [5, 5.41) is 9.08. The van der Waals surface area contributed by atoms with Crippen molar-refractivity contribution < 1.29 is 19.4 Å². The lowest BCUT2D eigenvalue weighted by molar-refractivity contribution is -0.141. The zero-order chi connectivity index (χ0) is 15.5. The van der Waals surface area contributed by atoms with E-state index in [-0.39, 0.29) is 5.91 Å². The number of hydrogen-bond donors (Lipinski definition) is 1. The summed E-state index contributed by atoms with van der Waals surface area (Å²) in [5.74, 6) is -1.35. The van der Waals surface area contributed by atoms with Gasteiger partial charge in [0.05, 0.1) is 24.7 Å². The van der Waals surface area contributed by atoms with Gasteiger partial charge in [0.25, 0.3) is 5.91 Å². The maximum Gasteiger partial charge on any atom is 0.308 e. The average Bonchev–Trinajstić information content (AvgIpc) is 3.05. The number of carboxylic acid groups (broad SMARTS) is 1. The number of anilines is 1. The predicted molar refractivity (Wildman–Crippen MR) is 81.1 cm³/mol. The number of para-hydroxylation sites is 1. The Balaban J connectivity index is 1.79. The molecule has 2 aliphatic heterocycles. The Morgan fingerprint density at radius 1 is 1.14 bits per heavy atom. The van der Waals surface area contributed by atoms with Gasteiger partial charge < -0.3 is 19.6 Å². The van der Waals surface area contributed by atoms with Crippen molar-refractivity contribution in [1.82, 2.24) is 4.90 Å². The van der Waals surface area contributed by atoms with E-state index in [0.717, 1.165) is 18.8 Å². The SMILES string of the molecule is O=C(O)C1CCN(C(=O)c2ccccc2N2CCOCC2)C1. The molecule has 3 rings (SSSR count). The molecular formula is C16H20N2O4. The highest BCUT2D eigenvalue weighted by Gasteiger charge is 2.32. The van der Waals surface area contributed by atoms with Crippen LogP contribution in [0, 0.1) is 5.92 Å². The molecule has 2 fully saturated rings. The third-order valence-corrected chi connectivity index (χ3v) is 4.31. The van der Waals surface area contributed by atoms with Gasteiger partial charge in [-0.25, -0.2) is 0 Å². The smallest absolute Gasteiger partial charge is 0.308 e. The Bertz CT molecular complexity index is 569. The second-order valence-corrected chi connectivity index (χ2v) is 5.69. The molecule has 0 bridgehead atoms. The molecule has 0 radical (unpaired) electrons. The highest BCUT2D eigenvalue weighted by molar-refractivity contribution is 6.00. The van der Waals surface area contributed by atoms with Crippen LogP contribution in [0.5, 0.6) is 0 Å². The molecule has 1 aromatic rings. The van der Waals surface area contributed by atoms with Gasteiger partial charge in [-0.2, -0.15) is 0 Å². The number of rotatable bonds is 3. The standard InChI is InChI=1S/C16H20N2O4/c19-15(18-6-5-12(11-18)16(20)21)13-3-1-2-4-14(13)17-7-9-22-10-8-17/h1-4,12H,5-11H2,(H,20,21). The third-order valence-electron chi connectivity index (χ3n) is 4.31. The molecule has 0 aromatic heterocycles. The normalized spacial score (nSPS) is 21.9. The molecule has 0 aliphatic carbocycles. The minimum absolute atomic E-state index is 0.0779. The van der Waals surface area contributed by atoms with Crippen molar-refractivity contribution in [2.45, 2.75) is 6.42 Å². The van der Waals surface area contributed by atoms with Crippen molar-refractivity contribution in [2.24, 2.45) is 5.92 Å². The van der Waals surface area contributed by atoms with Crippen LogP contribution in [0.3, 0.4) is 0 Å². The molecule has 2 heterocycles. The summed E-state index contributed by atoms with van der Waals surface area (Å²) < 4.78 is 5.36. The van der Waals surface area contributed by atoms with E-state index in [2.05, 4.69) is 4.90 Å². The fourth-order valence-corrected chi connectivity index (χ4v) is 3.05. The lowest BCUT2D eigenvalue weighted by Gasteiger charge is -2.31. The second kappa shape index (κ2) is 6.36. The van der Waals surface area contributed by atoms with Crippen LogP contribution in [0.4, 0.5) is 5.69 Å². The van der Waals surface area contributed by atoms with E-state index in [0.29, 0.717) is 38.3 Å². The number of likely N-dealkylation sites (tertiary alicyclic amines) is 1. The van der Waals surface area contributed by atoms with Gasteiger partial charge in [-0.3, -0.25) is 9.59 Å². The molecule has 1 amide bonds. The van der Waals surface area contributed by atoms with Crippen molar-refractivity contribution in [2.75, 3.05) is 44.3 Å². The van der Waals surface area contributed by atoms with Crippen LogP contribution >= 0.6 is 0 Å². The molecule has 2 saturated heterocycles. The van der Waals surface area contributed by atoms with Crippen LogP contribution in [-0.2, 0) is 9.53 Å². The van der Waals surface area contributed by atoms with Gasteiger partial charge >= 0.3 is 5.97 Å². The first-order valence-corrected chi connectivity index (χ1v) is 7.60.